The molecule has 1 aliphatic rings. The zero-order chi connectivity index (χ0) is 29.7. The summed E-state index contributed by atoms with van der Waals surface area (Å²) in [5.41, 5.74) is -2.03. The van der Waals surface area contributed by atoms with E-state index < -0.39 is 54.0 Å². The Morgan fingerprint density at radius 2 is 1.98 bits per heavy atom. The molecule has 2 aromatic rings. The first kappa shape index (κ1) is 32.0. The Morgan fingerprint density at radius 3 is 2.58 bits per heavy atom. The van der Waals surface area contributed by atoms with Gasteiger partial charge in [0.15, 0.2) is 6.23 Å². The maximum atomic E-state index is 15.7. The molecular weight excluding hydrogens is 563 g/mol. The van der Waals surface area contributed by atoms with Crippen LogP contribution >= 0.6 is 23.2 Å². The van der Waals surface area contributed by atoms with Crippen LogP contribution in [0.2, 0.25) is 10.0 Å². The predicted molar refractivity (Wildman–Crippen MR) is 149 cm³/mol. The van der Waals surface area contributed by atoms with Crippen molar-refractivity contribution in [3.63, 3.8) is 0 Å². The third kappa shape index (κ3) is 6.53. The molecule has 4 N–H and O–H groups in total. The normalized spacial score (nSPS) is 23.4. The van der Waals surface area contributed by atoms with E-state index in [1.165, 1.54) is 30.3 Å². The molecule has 0 unspecified atom stereocenters. The number of nitriles is 1. The fourth-order valence-corrected chi connectivity index (χ4v) is 5.72. The van der Waals surface area contributed by atoms with Gasteiger partial charge < -0.3 is 20.3 Å². The Morgan fingerprint density at radius 1 is 1.27 bits per heavy atom. The minimum atomic E-state index is -1.73. The van der Waals surface area contributed by atoms with Gasteiger partial charge in [-0.2, -0.15) is 5.26 Å². The number of carbonyl (C=O) groups excluding carboxylic acids is 1. The van der Waals surface area contributed by atoms with E-state index in [2.05, 4.69) is 23.6 Å². The average molecular weight is 599 g/mol. The van der Waals surface area contributed by atoms with E-state index >= 15 is 8.78 Å². The number of ether oxygens (including phenoxy) is 1. The van der Waals surface area contributed by atoms with Crippen LogP contribution in [-0.2, 0) is 10.2 Å². The van der Waals surface area contributed by atoms with Crippen molar-refractivity contribution < 1.29 is 28.5 Å². The lowest BCUT2D eigenvalue weighted by atomic mass is 9.62. The third-order valence-corrected chi connectivity index (χ3v) is 8.71. The first-order chi connectivity index (χ1) is 19.0. The molecule has 0 bridgehead atoms. The van der Waals surface area contributed by atoms with E-state index in [-0.39, 0.29) is 39.6 Å². The van der Waals surface area contributed by atoms with Crippen LogP contribution in [0.1, 0.15) is 63.5 Å². The number of hydrogen-bond donors (Lipinski definition) is 4. The molecule has 1 fully saturated rings. The molecule has 5 atom stereocenters. The van der Waals surface area contributed by atoms with Crippen LogP contribution in [0, 0.1) is 28.4 Å². The summed E-state index contributed by atoms with van der Waals surface area (Å²) in [7, 11) is 0. The van der Waals surface area contributed by atoms with E-state index in [0.29, 0.717) is 6.42 Å². The molecule has 11 heteroatoms. The SMILES string of the molecule is CCC(C)(CC)C[C@@H]1N[C@H](OC(=O)NCC[C@H](O)CO)[C@H](c2cccc(Cl)c2F)[C@@]1(C#N)c1ccc(Cl)cc1F. The summed E-state index contributed by atoms with van der Waals surface area (Å²) in [6.45, 7) is 5.62. The van der Waals surface area contributed by atoms with Gasteiger partial charge in [0, 0.05) is 23.2 Å². The number of alkyl carbamates (subject to hydrolysis) is 1. The molecule has 1 saturated heterocycles. The van der Waals surface area contributed by atoms with E-state index in [1.54, 1.807) is 0 Å². The maximum Gasteiger partial charge on any atom is 0.408 e. The Kier molecular flexibility index (Phi) is 10.8. The van der Waals surface area contributed by atoms with Gasteiger partial charge in [-0.15, -0.1) is 0 Å². The van der Waals surface area contributed by atoms with Crippen LogP contribution < -0.4 is 10.6 Å². The Bertz CT molecular complexity index is 1240. The smallest absolute Gasteiger partial charge is 0.408 e. The number of aliphatic hydroxyl groups excluding tert-OH is 2. The molecule has 0 aromatic heterocycles. The van der Waals surface area contributed by atoms with Crippen LogP contribution in [0.3, 0.4) is 0 Å². The lowest BCUT2D eigenvalue weighted by Gasteiger charge is -2.38. The molecule has 0 radical (unpaired) electrons. The van der Waals surface area contributed by atoms with Gasteiger partial charge in [-0.05, 0) is 42.0 Å². The highest BCUT2D eigenvalue weighted by Gasteiger charge is 2.61. The van der Waals surface area contributed by atoms with E-state index in [9.17, 15) is 15.2 Å². The second-order valence-corrected chi connectivity index (χ2v) is 11.4. The van der Waals surface area contributed by atoms with Crippen molar-refractivity contribution in [3.05, 3.63) is 69.2 Å². The topological polar surface area (TPSA) is 115 Å². The summed E-state index contributed by atoms with van der Waals surface area (Å²) in [4.78, 5) is 12.8. The summed E-state index contributed by atoms with van der Waals surface area (Å²) in [6, 6.07) is 9.85. The van der Waals surface area contributed by atoms with E-state index in [4.69, 9.17) is 33.0 Å². The van der Waals surface area contributed by atoms with Crippen LogP contribution in [0.5, 0.6) is 0 Å². The number of rotatable bonds is 11. The van der Waals surface area contributed by atoms with Crippen LogP contribution in [0.4, 0.5) is 13.6 Å². The zero-order valence-electron chi connectivity index (χ0n) is 22.7. The average Bonchev–Trinajstić information content (AvgIpc) is 3.22. The molecular formula is C29H35Cl2F2N3O4. The monoisotopic (exact) mass is 597 g/mol. The highest BCUT2D eigenvalue weighted by atomic mass is 35.5. The van der Waals surface area contributed by atoms with Crippen molar-refractivity contribution in [2.45, 2.75) is 76.2 Å². The highest BCUT2D eigenvalue weighted by Crippen LogP contribution is 2.53. The van der Waals surface area contributed by atoms with Gasteiger partial charge in [0.05, 0.1) is 29.7 Å². The minimum Gasteiger partial charge on any atom is -0.430 e. The van der Waals surface area contributed by atoms with Gasteiger partial charge in [-0.1, -0.05) is 75.0 Å². The number of nitrogens with one attached hydrogen (secondary N) is 2. The van der Waals surface area contributed by atoms with Gasteiger partial charge in [0.25, 0.3) is 0 Å². The van der Waals surface area contributed by atoms with E-state index in [1.807, 2.05) is 13.8 Å². The van der Waals surface area contributed by atoms with Crippen LogP contribution in [-0.4, -0.2) is 47.8 Å². The predicted octanol–water partition coefficient (Wildman–Crippen LogP) is 5.80. The van der Waals surface area contributed by atoms with Crippen molar-refractivity contribution in [1.82, 2.24) is 10.6 Å². The van der Waals surface area contributed by atoms with Crippen molar-refractivity contribution in [1.29, 1.82) is 5.26 Å². The zero-order valence-corrected chi connectivity index (χ0v) is 24.2. The van der Waals surface area contributed by atoms with Gasteiger partial charge in [-0.3, -0.25) is 5.32 Å². The summed E-state index contributed by atoms with van der Waals surface area (Å²) >= 11 is 12.2. The molecule has 1 amide bonds. The fraction of sp³-hybridized carbons (Fsp3) is 0.517. The largest absolute Gasteiger partial charge is 0.430 e. The molecule has 218 valence electrons. The number of aliphatic hydroxyl groups is 2. The minimum absolute atomic E-state index is 0.00610. The lowest BCUT2D eigenvalue weighted by molar-refractivity contribution is 0.0681. The Hall–Kier alpha value is -2.48. The van der Waals surface area contributed by atoms with Crippen LogP contribution in [0.25, 0.3) is 0 Å². The van der Waals surface area contributed by atoms with Gasteiger partial charge >= 0.3 is 6.09 Å². The second-order valence-electron chi connectivity index (χ2n) is 10.5. The highest BCUT2D eigenvalue weighted by molar-refractivity contribution is 6.31. The van der Waals surface area contributed by atoms with Crippen molar-refractivity contribution in [2.24, 2.45) is 5.41 Å². The van der Waals surface area contributed by atoms with Crippen molar-refractivity contribution in [3.8, 4) is 6.07 Å². The Labute approximate surface area is 243 Å². The number of amides is 1. The molecule has 7 nitrogen and oxygen atoms in total. The molecule has 40 heavy (non-hydrogen) atoms. The van der Waals surface area contributed by atoms with Crippen molar-refractivity contribution >= 4 is 29.3 Å². The van der Waals surface area contributed by atoms with Gasteiger partial charge in [0.1, 0.15) is 17.0 Å². The summed E-state index contributed by atoms with van der Waals surface area (Å²) in [5, 5.41) is 35.1. The first-order valence-electron chi connectivity index (χ1n) is 13.3. The summed E-state index contributed by atoms with van der Waals surface area (Å²) < 4.78 is 37.1. The number of nitrogens with zero attached hydrogens (tertiary/aromatic N) is 1. The summed E-state index contributed by atoms with van der Waals surface area (Å²) in [6.07, 6.45) is -1.21. The molecule has 0 aliphatic carbocycles. The molecule has 3 rings (SSSR count). The quantitative estimate of drug-likeness (QED) is 0.260. The first-order valence-corrected chi connectivity index (χ1v) is 14.0. The van der Waals surface area contributed by atoms with Gasteiger partial charge in [-0.25, -0.2) is 13.6 Å². The number of carbonyl (C=O) groups is 1. The molecule has 1 aliphatic heterocycles. The molecule has 1 heterocycles. The third-order valence-electron chi connectivity index (χ3n) is 8.18. The van der Waals surface area contributed by atoms with E-state index in [0.717, 1.165) is 18.9 Å². The maximum absolute atomic E-state index is 15.7. The molecule has 2 aromatic carbocycles. The fourth-order valence-electron chi connectivity index (χ4n) is 5.38. The second kappa shape index (κ2) is 13.5. The summed E-state index contributed by atoms with van der Waals surface area (Å²) in [5.74, 6) is -2.76. The Balaban J connectivity index is 2.19. The molecule has 0 spiro atoms. The number of hydrogen-bond acceptors (Lipinski definition) is 6. The molecule has 0 saturated carbocycles. The van der Waals surface area contributed by atoms with Crippen molar-refractivity contribution in [2.75, 3.05) is 13.2 Å². The number of benzene rings is 2. The lowest BCUT2D eigenvalue weighted by Crippen LogP contribution is -2.45. The van der Waals surface area contributed by atoms with Crippen LogP contribution in [0.15, 0.2) is 36.4 Å². The van der Waals surface area contributed by atoms with Gasteiger partial charge in [0.2, 0.25) is 0 Å². The standard InChI is InChI=1S/C29H35Cl2F2N3O4/c1-4-28(3,5-2)14-23-29(16-34,20-10-9-17(30)13-22(20)32)24(19-7-6-8-21(31)25(19)33)26(36-23)40-27(39)35-12-11-18(38)15-37/h6-10,13,18,23-24,26,36-38H,4-5,11-12,14-15H2,1-3H3,(H,35,39)/t18-,23-,24-,26+,29-/m0/s1. The number of halogens is 4.